The summed E-state index contributed by atoms with van der Waals surface area (Å²) in [5, 5.41) is 3.96. The lowest BCUT2D eigenvalue weighted by Crippen LogP contribution is -2.10. The molecule has 0 unspecified atom stereocenters. The van der Waals surface area contributed by atoms with E-state index >= 15 is 0 Å². The van der Waals surface area contributed by atoms with Gasteiger partial charge in [0.25, 0.3) is 0 Å². The van der Waals surface area contributed by atoms with Crippen LogP contribution < -0.4 is 0 Å². The van der Waals surface area contributed by atoms with Gasteiger partial charge in [-0.1, -0.05) is 35.0 Å². The second-order valence-electron chi connectivity index (χ2n) is 4.12. The Hall–Kier alpha value is -1.68. The molecule has 16 heavy (non-hydrogen) atoms. The number of aryl methyl sites for hydroxylation is 1. The summed E-state index contributed by atoms with van der Waals surface area (Å²) in [5.41, 5.74) is 2.21. The number of hydrogen-bond acceptors (Lipinski definition) is 4. The molecule has 4 heteroatoms. The van der Waals surface area contributed by atoms with Gasteiger partial charge in [0.15, 0.2) is 0 Å². The first kappa shape index (κ1) is 10.8. The third-order valence-corrected chi connectivity index (χ3v) is 2.23. The maximum Gasteiger partial charge on any atom is 0.241 e. The summed E-state index contributed by atoms with van der Waals surface area (Å²) in [7, 11) is 3.94. The molecule has 4 nitrogen and oxygen atoms in total. The van der Waals surface area contributed by atoms with Crippen molar-refractivity contribution in [1.82, 2.24) is 15.0 Å². The van der Waals surface area contributed by atoms with Crippen LogP contribution in [0.5, 0.6) is 0 Å². The molecule has 84 valence electrons. The molecule has 0 saturated heterocycles. The minimum Gasteiger partial charge on any atom is -0.338 e. The first-order valence-electron chi connectivity index (χ1n) is 5.19. The molecule has 1 aromatic heterocycles. The van der Waals surface area contributed by atoms with E-state index < -0.39 is 0 Å². The summed E-state index contributed by atoms with van der Waals surface area (Å²) in [6.45, 7) is 2.72. The van der Waals surface area contributed by atoms with Crippen LogP contribution >= 0.6 is 0 Å². The zero-order valence-corrected chi connectivity index (χ0v) is 9.77. The lowest BCUT2D eigenvalue weighted by molar-refractivity contribution is 0.303. The van der Waals surface area contributed by atoms with Crippen molar-refractivity contribution in [2.75, 3.05) is 14.1 Å². The highest BCUT2D eigenvalue weighted by Gasteiger charge is 2.08. The zero-order chi connectivity index (χ0) is 11.5. The molecule has 0 saturated carbocycles. The van der Waals surface area contributed by atoms with Gasteiger partial charge in [-0.15, -0.1) is 0 Å². The van der Waals surface area contributed by atoms with E-state index in [0.717, 1.165) is 5.56 Å². The quantitative estimate of drug-likeness (QED) is 0.789. The number of nitrogens with zero attached hydrogens (tertiary/aromatic N) is 3. The number of aromatic nitrogens is 2. The molecule has 0 aliphatic carbocycles. The fraction of sp³-hybridized carbons (Fsp3) is 0.333. The second-order valence-corrected chi connectivity index (χ2v) is 4.12. The summed E-state index contributed by atoms with van der Waals surface area (Å²) in [6.07, 6.45) is 0. The van der Waals surface area contributed by atoms with Crippen molar-refractivity contribution in [2.24, 2.45) is 0 Å². The van der Waals surface area contributed by atoms with Crippen LogP contribution in [-0.2, 0) is 6.54 Å². The molecule has 0 N–H and O–H groups in total. The number of rotatable bonds is 3. The van der Waals surface area contributed by atoms with E-state index in [1.807, 2.05) is 43.3 Å². The first-order valence-corrected chi connectivity index (χ1v) is 5.19. The van der Waals surface area contributed by atoms with Gasteiger partial charge in [-0.05, 0) is 21.0 Å². The van der Waals surface area contributed by atoms with E-state index in [0.29, 0.717) is 18.3 Å². The van der Waals surface area contributed by atoms with E-state index in [1.54, 1.807) is 0 Å². The van der Waals surface area contributed by atoms with Crippen LogP contribution in [0.15, 0.2) is 28.8 Å². The number of benzene rings is 1. The summed E-state index contributed by atoms with van der Waals surface area (Å²) >= 11 is 0. The van der Waals surface area contributed by atoms with Gasteiger partial charge in [-0.3, -0.25) is 0 Å². The van der Waals surface area contributed by atoms with Crippen LogP contribution in [0.2, 0.25) is 0 Å². The Bertz CT molecular complexity index is 459. The second kappa shape index (κ2) is 4.45. The standard InChI is InChI=1S/C12H15N3O/c1-9-4-6-10(7-5-9)12-13-11(16-14-12)8-15(2)3/h4-7H,8H2,1-3H3. The topological polar surface area (TPSA) is 42.2 Å². The Morgan fingerprint density at radius 1 is 1.19 bits per heavy atom. The smallest absolute Gasteiger partial charge is 0.241 e. The Morgan fingerprint density at radius 2 is 1.88 bits per heavy atom. The molecule has 2 rings (SSSR count). The van der Waals surface area contributed by atoms with Gasteiger partial charge in [-0.25, -0.2) is 0 Å². The lowest BCUT2D eigenvalue weighted by Gasteiger charge is -2.02. The van der Waals surface area contributed by atoms with Gasteiger partial charge in [-0.2, -0.15) is 4.98 Å². The Balaban J connectivity index is 2.21. The molecular formula is C12H15N3O. The largest absolute Gasteiger partial charge is 0.338 e. The Kier molecular flexibility index (Phi) is 3.01. The normalized spacial score (nSPS) is 11.0. The van der Waals surface area contributed by atoms with Crippen LogP contribution in [0.1, 0.15) is 11.5 Å². The molecule has 0 aliphatic heterocycles. The number of hydrogen-bond donors (Lipinski definition) is 0. The molecule has 0 atom stereocenters. The SMILES string of the molecule is Cc1ccc(-c2noc(CN(C)C)n2)cc1. The molecule has 0 amide bonds. The summed E-state index contributed by atoms with van der Waals surface area (Å²) in [6, 6.07) is 8.08. The summed E-state index contributed by atoms with van der Waals surface area (Å²) in [4.78, 5) is 6.32. The van der Waals surface area contributed by atoms with Gasteiger partial charge < -0.3 is 9.42 Å². The van der Waals surface area contributed by atoms with Crippen molar-refractivity contribution in [2.45, 2.75) is 13.5 Å². The van der Waals surface area contributed by atoms with Gasteiger partial charge in [0.2, 0.25) is 11.7 Å². The van der Waals surface area contributed by atoms with Crippen LogP contribution in [0.3, 0.4) is 0 Å². The third-order valence-electron chi connectivity index (χ3n) is 2.23. The van der Waals surface area contributed by atoms with Crippen LogP contribution in [0.25, 0.3) is 11.4 Å². The van der Waals surface area contributed by atoms with Crippen molar-refractivity contribution in [3.63, 3.8) is 0 Å². The Morgan fingerprint density at radius 3 is 2.50 bits per heavy atom. The molecule has 0 aliphatic rings. The van der Waals surface area contributed by atoms with Gasteiger partial charge in [0.1, 0.15) is 0 Å². The molecule has 2 aromatic rings. The van der Waals surface area contributed by atoms with Crippen LogP contribution in [0.4, 0.5) is 0 Å². The van der Waals surface area contributed by atoms with E-state index in [9.17, 15) is 0 Å². The van der Waals surface area contributed by atoms with E-state index in [2.05, 4.69) is 17.1 Å². The minimum atomic E-state index is 0.639. The van der Waals surface area contributed by atoms with Crippen molar-refractivity contribution in [3.05, 3.63) is 35.7 Å². The summed E-state index contributed by atoms with van der Waals surface area (Å²) < 4.78 is 5.16. The van der Waals surface area contributed by atoms with Crippen molar-refractivity contribution in [3.8, 4) is 11.4 Å². The lowest BCUT2D eigenvalue weighted by atomic mass is 10.1. The molecule has 0 bridgehead atoms. The third kappa shape index (κ3) is 2.46. The highest BCUT2D eigenvalue weighted by atomic mass is 16.5. The molecular weight excluding hydrogens is 202 g/mol. The predicted octanol–water partition coefficient (Wildman–Crippen LogP) is 2.11. The highest BCUT2D eigenvalue weighted by Crippen LogP contribution is 2.16. The Labute approximate surface area is 94.9 Å². The van der Waals surface area contributed by atoms with Crippen LogP contribution in [0, 0.1) is 6.92 Å². The molecule has 0 radical (unpaired) electrons. The zero-order valence-electron chi connectivity index (χ0n) is 9.77. The first-order chi connectivity index (χ1) is 7.65. The average molecular weight is 217 g/mol. The molecule has 0 spiro atoms. The fourth-order valence-electron chi connectivity index (χ4n) is 1.41. The van der Waals surface area contributed by atoms with Crippen LogP contribution in [-0.4, -0.2) is 29.1 Å². The monoisotopic (exact) mass is 217 g/mol. The maximum atomic E-state index is 5.16. The minimum absolute atomic E-state index is 0.639. The predicted molar refractivity (Wildman–Crippen MR) is 61.9 cm³/mol. The fourth-order valence-corrected chi connectivity index (χ4v) is 1.41. The molecule has 1 heterocycles. The van der Waals surface area contributed by atoms with Gasteiger partial charge in [0, 0.05) is 5.56 Å². The van der Waals surface area contributed by atoms with E-state index in [-0.39, 0.29) is 0 Å². The molecule has 1 aromatic carbocycles. The van der Waals surface area contributed by atoms with E-state index in [1.165, 1.54) is 5.56 Å². The van der Waals surface area contributed by atoms with E-state index in [4.69, 9.17) is 4.52 Å². The summed E-state index contributed by atoms with van der Waals surface area (Å²) in [5.74, 6) is 1.29. The van der Waals surface area contributed by atoms with Gasteiger partial charge in [0.05, 0.1) is 6.54 Å². The average Bonchev–Trinajstić information content (AvgIpc) is 2.66. The van der Waals surface area contributed by atoms with Gasteiger partial charge >= 0.3 is 0 Å². The van der Waals surface area contributed by atoms with Crippen molar-refractivity contribution in [1.29, 1.82) is 0 Å². The highest BCUT2D eigenvalue weighted by molar-refractivity contribution is 5.54. The van der Waals surface area contributed by atoms with Crippen molar-refractivity contribution >= 4 is 0 Å². The maximum absolute atomic E-state index is 5.16. The molecule has 0 fully saturated rings. The van der Waals surface area contributed by atoms with Crippen molar-refractivity contribution < 1.29 is 4.52 Å².